The molecule has 3 aliphatic rings. The van der Waals surface area contributed by atoms with Crippen molar-refractivity contribution in [2.45, 2.75) is 82.4 Å². The molecule has 0 aromatic carbocycles. The van der Waals surface area contributed by atoms with E-state index in [0.717, 1.165) is 63.9 Å². The lowest BCUT2D eigenvalue weighted by Gasteiger charge is -2.41. The number of nitrogens with zero attached hydrogens (tertiary/aromatic N) is 2. The van der Waals surface area contributed by atoms with E-state index in [1.54, 1.807) is 0 Å². The Balaban J connectivity index is 1.30. The van der Waals surface area contributed by atoms with E-state index in [1.165, 1.54) is 6.42 Å². The van der Waals surface area contributed by atoms with Crippen molar-refractivity contribution in [3.05, 3.63) is 17.3 Å². The zero-order valence-corrected chi connectivity index (χ0v) is 15.0. The van der Waals surface area contributed by atoms with Crippen LogP contribution in [0.1, 0.15) is 79.4 Å². The van der Waals surface area contributed by atoms with E-state index in [2.05, 4.69) is 15.2 Å². The van der Waals surface area contributed by atoms with Crippen LogP contribution in [0.15, 0.2) is 4.42 Å². The molecule has 0 spiro atoms. The monoisotopic (exact) mass is 347 g/mol. The fourth-order valence-corrected chi connectivity index (χ4v) is 4.28. The van der Waals surface area contributed by atoms with Crippen molar-refractivity contribution in [2.24, 2.45) is 0 Å². The van der Waals surface area contributed by atoms with Gasteiger partial charge in [0.25, 0.3) is 5.91 Å². The van der Waals surface area contributed by atoms with Crippen LogP contribution in [-0.4, -0.2) is 52.2 Å². The number of carbonyl (C=O) groups excluding carboxylic acids is 1. The van der Waals surface area contributed by atoms with E-state index in [-0.39, 0.29) is 18.1 Å². The first-order valence-electron chi connectivity index (χ1n) is 9.82. The lowest BCUT2D eigenvalue weighted by atomic mass is 9.89. The zero-order chi connectivity index (χ0) is 17.4. The number of hydrogen-bond donors (Lipinski definition) is 2. The number of aliphatic hydroxyl groups excluding tert-OH is 1. The number of rotatable bonds is 4. The van der Waals surface area contributed by atoms with Crippen LogP contribution >= 0.6 is 0 Å². The Morgan fingerprint density at radius 2 is 1.88 bits per heavy atom. The van der Waals surface area contributed by atoms with Crippen LogP contribution in [0.2, 0.25) is 0 Å². The van der Waals surface area contributed by atoms with Crippen molar-refractivity contribution in [3.63, 3.8) is 0 Å². The fraction of sp³-hybridized carbons (Fsp3) is 0.789. The number of hydrogen-bond acceptors (Lipinski definition) is 5. The van der Waals surface area contributed by atoms with Crippen molar-refractivity contribution < 1.29 is 14.3 Å². The van der Waals surface area contributed by atoms with Gasteiger partial charge in [0.05, 0.1) is 11.8 Å². The minimum atomic E-state index is -0.183. The molecule has 3 fully saturated rings. The summed E-state index contributed by atoms with van der Waals surface area (Å²) in [5.41, 5.74) is 0.696. The zero-order valence-electron chi connectivity index (χ0n) is 15.0. The van der Waals surface area contributed by atoms with Gasteiger partial charge in [-0.3, -0.25) is 9.69 Å². The third-order valence-electron chi connectivity index (χ3n) is 5.97. The van der Waals surface area contributed by atoms with E-state index >= 15 is 0 Å². The molecule has 2 heterocycles. The second kappa shape index (κ2) is 7.08. The average molecular weight is 347 g/mol. The molecule has 2 saturated carbocycles. The van der Waals surface area contributed by atoms with Gasteiger partial charge in [-0.05, 0) is 45.4 Å². The van der Waals surface area contributed by atoms with Crippen LogP contribution in [0.5, 0.6) is 0 Å². The number of amides is 1. The molecule has 1 aromatic heterocycles. The Morgan fingerprint density at radius 1 is 1.16 bits per heavy atom. The summed E-state index contributed by atoms with van der Waals surface area (Å²) in [6, 6.07) is 0.487. The Kier molecular flexibility index (Phi) is 4.82. The van der Waals surface area contributed by atoms with Gasteiger partial charge in [-0.1, -0.05) is 12.8 Å². The van der Waals surface area contributed by atoms with Gasteiger partial charge in [-0.2, -0.15) is 0 Å². The number of carbonyl (C=O) groups is 1. The van der Waals surface area contributed by atoms with Crippen LogP contribution in [0.25, 0.3) is 0 Å². The summed E-state index contributed by atoms with van der Waals surface area (Å²) in [7, 11) is 0. The van der Waals surface area contributed by atoms with Gasteiger partial charge >= 0.3 is 0 Å². The van der Waals surface area contributed by atoms with Crippen molar-refractivity contribution in [3.8, 4) is 0 Å². The molecule has 25 heavy (non-hydrogen) atoms. The summed E-state index contributed by atoms with van der Waals surface area (Å²) >= 11 is 0. The predicted molar refractivity (Wildman–Crippen MR) is 93.5 cm³/mol. The van der Waals surface area contributed by atoms with Gasteiger partial charge in [-0.15, -0.1) is 0 Å². The first kappa shape index (κ1) is 17.0. The molecule has 2 N–H and O–H groups in total. The Morgan fingerprint density at radius 3 is 2.56 bits per heavy atom. The van der Waals surface area contributed by atoms with Crippen LogP contribution in [-0.2, 0) is 0 Å². The molecule has 2 atom stereocenters. The highest BCUT2D eigenvalue weighted by Crippen LogP contribution is 2.40. The maximum absolute atomic E-state index is 12.5. The molecule has 1 aromatic rings. The molecule has 1 amide bonds. The Bertz CT molecular complexity index is 617. The molecule has 0 bridgehead atoms. The second-order valence-electron chi connectivity index (χ2n) is 7.94. The number of oxazole rings is 1. The van der Waals surface area contributed by atoms with E-state index in [9.17, 15) is 9.90 Å². The maximum atomic E-state index is 12.5. The van der Waals surface area contributed by atoms with E-state index in [1.807, 2.05) is 6.92 Å². The van der Waals surface area contributed by atoms with E-state index in [4.69, 9.17) is 4.42 Å². The third-order valence-corrected chi connectivity index (χ3v) is 5.97. The Labute approximate surface area is 149 Å². The third kappa shape index (κ3) is 3.75. The highest BCUT2D eigenvalue weighted by atomic mass is 16.4. The molecule has 6 nitrogen and oxygen atoms in total. The largest absolute Gasteiger partial charge is 0.435 e. The normalized spacial score (nSPS) is 28.9. The first-order valence-corrected chi connectivity index (χ1v) is 9.82. The standard InChI is InChI=1S/C19H29N3O3/c1-12-17(25-19(20-12)13-6-7-13)18(24)21-14-8-10-22(11-9-14)15-4-2-3-5-16(15)23/h13-16,23H,2-11H2,1H3,(H,21,24)/t15-,16-/m1/s1. The lowest BCUT2D eigenvalue weighted by molar-refractivity contribution is 0.00721. The molecule has 1 saturated heterocycles. The molecule has 138 valence electrons. The molecule has 4 rings (SSSR count). The van der Waals surface area contributed by atoms with Crippen molar-refractivity contribution >= 4 is 5.91 Å². The molecular formula is C19H29N3O3. The smallest absolute Gasteiger partial charge is 0.289 e. The quantitative estimate of drug-likeness (QED) is 0.874. The van der Waals surface area contributed by atoms with Gasteiger partial charge in [0.1, 0.15) is 0 Å². The van der Waals surface area contributed by atoms with Crippen molar-refractivity contribution in [1.82, 2.24) is 15.2 Å². The SMILES string of the molecule is Cc1nc(C2CC2)oc1C(=O)NC1CCN([C@@H]2CCCC[C@H]2O)CC1. The molecule has 1 aliphatic heterocycles. The highest BCUT2D eigenvalue weighted by molar-refractivity contribution is 5.92. The highest BCUT2D eigenvalue weighted by Gasteiger charge is 2.33. The van der Waals surface area contributed by atoms with Gasteiger partial charge in [-0.25, -0.2) is 4.98 Å². The number of aromatic nitrogens is 1. The van der Waals surface area contributed by atoms with Gasteiger partial charge in [0, 0.05) is 31.1 Å². The number of aliphatic hydroxyl groups is 1. The average Bonchev–Trinajstić information content (AvgIpc) is 3.38. The van der Waals surface area contributed by atoms with Crippen molar-refractivity contribution in [1.29, 1.82) is 0 Å². The first-order chi connectivity index (χ1) is 12.1. The van der Waals surface area contributed by atoms with Gasteiger partial charge < -0.3 is 14.8 Å². The minimum absolute atomic E-state index is 0.131. The molecule has 6 heteroatoms. The topological polar surface area (TPSA) is 78.6 Å². The number of nitrogens with one attached hydrogen (secondary N) is 1. The van der Waals surface area contributed by atoms with Gasteiger partial charge in [0.15, 0.2) is 5.89 Å². The molecule has 0 radical (unpaired) electrons. The van der Waals surface area contributed by atoms with Crippen LogP contribution in [0.4, 0.5) is 0 Å². The summed E-state index contributed by atoms with van der Waals surface area (Å²) in [4.78, 5) is 19.3. The van der Waals surface area contributed by atoms with E-state index < -0.39 is 0 Å². The molecule has 2 aliphatic carbocycles. The number of piperidine rings is 1. The van der Waals surface area contributed by atoms with Crippen LogP contribution < -0.4 is 5.32 Å². The summed E-state index contributed by atoms with van der Waals surface area (Å²) in [5, 5.41) is 13.4. The van der Waals surface area contributed by atoms with Crippen LogP contribution in [0.3, 0.4) is 0 Å². The molecular weight excluding hydrogens is 318 g/mol. The second-order valence-corrected chi connectivity index (χ2v) is 7.94. The van der Waals surface area contributed by atoms with Gasteiger partial charge in [0.2, 0.25) is 5.76 Å². The fourth-order valence-electron chi connectivity index (χ4n) is 4.28. The van der Waals surface area contributed by atoms with E-state index in [0.29, 0.717) is 23.4 Å². The maximum Gasteiger partial charge on any atom is 0.289 e. The summed E-state index contributed by atoms with van der Waals surface area (Å²) < 4.78 is 5.71. The van der Waals surface area contributed by atoms with Crippen molar-refractivity contribution in [2.75, 3.05) is 13.1 Å². The predicted octanol–water partition coefficient (Wildman–Crippen LogP) is 2.36. The minimum Gasteiger partial charge on any atom is -0.435 e. The number of aryl methyl sites for hydroxylation is 1. The summed E-state index contributed by atoms with van der Waals surface area (Å²) in [5.74, 6) is 1.40. The lowest BCUT2D eigenvalue weighted by Crippen LogP contribution is -2.52. The number of likely N-dealkylation sites (tertiary alicyclic amines) is 1. The summed E-state index contributed by atoms with van der Waals surface area (Å²) in [6.45, 7) is 3.72. The Hall–Kier alpha value is -1.40. The van der Waals surface area contributed by atoms with Crippen LogP contribution in [0, 0.1) is 6.92 Å². The molecule has 0 unspecified atom stereocenters. The summed E-state index contributed by atoms with van der Waals surface area (Å²) in [6.07, 6.45) is 8.29.